The van der Waals surface area contributed by atoms with Gasteiger partial charge in [-0.2, -0.15) is 0 Å². The van der Waals surface area contributed by atoms with Crippen molar-refractivity contribution in [3.63, 3.8) is 0 Å². The Kier molecular flexibility index (Phi) is 8.79. The van der Waals surface area contributed by atoms with Crippen molar-refractivity contribution in [3.05, 3.63) is 29.8 Å². The van der Waals surface area contributed by atoms with Gasteiger partial charge in [0.1, 0.15) is 25.0 Å². The van der Waals surface area contributed by atoms with Gasteiger partial charge in [-0.25, -0.2) is 0 Å². The minimum absolute atomic E-state index is 0.140. The molecule has 0 amide bonds. The maximum absolute atomic E-state index is 10.4. The lowest BCUT2D eigenvalue weighted by molar-refractivity contribution is -0.918. The number of aliphatic hydroxyl groups is 1. The molecule has 1 N–H and O–H groups in total. The molecule has 2 rings (SSSR count). The van der Waals surface area contributed by atoms with Crippen LogP contribution in [0.4, 0.5) is 0 Å². The van der Waals surface area contributed by atoms with Crippen LogP contribution in [-0.2, 0) is 10.2 Å². The zero-order valence-electron chi connectivity index (χ0n) is 20.5. The topological polar surface area (TPSA) is 38.7 Å². The number of likely N-dealkylation sites (N-methyl/N-ethyl adjacent to an activating group) is 1. The van der Waals surface area contributed by atoms with E-state index in [1.165, 1.54) is 18.4 Å². The summed E-state index contributed by atoms with van der Waals surface area (Å²) in [7, 11) is 2.25. The van der Waals surface area contributed by atoms with Crippen LogP contribution in [0.25, 0.3) is 0 Å². The molecule has 1 fully saturated rings. The molecule has 1 aliphatic heterocycles. The number of quaternary nitrogens is 1. The number of rotatable bonds is 10. The first-order chi connectivity index (χ1) is 13.9. The van der Waals surface area contributed by atoms with Crippen LogP contribution in [0, 0.1) is 11.3 Å². The number of nitrogens with zero attached hydrogens (tertiary/aromatic N) is 1. The van der Waals surface area contributed by atoms with Crippen LogP contribution in [-0.4, -0.2) is 62.2 Å². The standard InChI is InChI=1S/C26H46NO3/c1-21-12-14-27(7,15-13-21)18-23(28)19-29-16-17-30-24-10-8-22(9-11-24)26(5,6)20-25(2,3)4/h8-11,21,23,28H,12-20H2,1-7H3/q+1/t21?,23-,27?/m1/s1. The second-order valence-corrected chi connectivity index (χ2v) is 11.7. The van der Waals surface area contributed by atoms with Gasteiger partial charge in [-0.15, -0.1) is 0 Å². The quantitative estimate of drug-likeness (QED) is 0.426. The zero-order chi connectivity index (χ0) is 22.4. The second-order valence-electron chi connectivity index (χ2n) is 11.7. The predicted molar refractivity (Wildman–Crippen MR) is 125 cm³/mol. The highest BCUT2D eigenvalue weighted by Crippen LogP contribution is 2.36. The van der Waals surface area contributed by atoms with Crippen molar-refractivity contribution in [1.82, 2.24) is 0 Å². The SMILES string of the molecule is CC1CC[N+](C)(C[C@@H](O)COCCOc2ccc(C(C)(C)CC(C)(C)C)cc2)CC1. The Hall–Kier alpha value is -1.10. The van der Waals surface area contributed by atoms with E-state index in [4.69, 9.17) is 9.47 Å². The Morgan fingerprint density at radius 3 is 2.20 bits per heavy atom. The van der Waals surface area contributed by atoms with Gasteiger partial charge in [0.2, 0.25) is 0 Å². The third-order valence-electron chi connectivity index (χ3n) is 6.39. The van der Waals surface area contributed by atoms with E-state index in [9.17, 15) is 5.11 Å². The third-order valence-corrected chi connectivity index (χ3v) is 6.39. The van der Waals surface area contributed by atoms with Gasteiger partial charge in [-0.05, 0) is 53.7 Å². The van der Waals surface area contributed by atoms with Gasteiger partial charge >= 0.3 is 0 Å². The van der Waals surface area contributed by atoms with Gasteiger partial charge in [-0.3, -0.25) is 0 Å². The Labute approximate surface area is 185 Å². The summed E-state index contributed by atoms with van der Waals surface area (Å²) in [6.07, 6.45) is 3.23. The third kappa shape index (κ3) is 8.56. The molecule has 1 aromatic carbocycles. The lowest BCUT2D eigenvalue weighted by atomic mass is 9.72. The maximum atomic E-state index is 10.4. The summed E-state index contributed by atoms with van der Waals surface area (Å²) in [6, 6.07) is 8.46. The van der Waals surface area contributed by atoms with Gasteiger partial charge in [0.25, 0.3) is 0 Å². The Morgan fingerprint density at radius 1 is 1.03 bits per heavy atom. The van der Waals surface area contributed by atoms with E-state index in [1.807, 2.05) is 0 Å². The van der Waals surface area contributed by atoms with E-state index in [0.717, 1.165) is 42.2 Å². The highest BCUT2D eigenvalue weighted by atomic mass is 16.5. The van der Waals surface area contributed by atoms with Crippen molar-refractivity contribution >= 4 is 0 Å². The van der Waals surface area contributed by atoms with Crippen molar-refractivity contribution in [2.45, 2.75) is 72.3 Å². The van der Waals surface area contributed by atoms with E-state index in [1.54, 1.807) is 0 Å². The van der Waals surface area contributed by atoms with Gasteiger partial charge in [0, 0.05) is 0 Å². The predicted octanol–water partition coefficient (Wildman–Crippen LogP) is 5.03. The number of likely N-dealkylation sites (tertiary alicyclic amines) is 1. The molecule has 1 saturated heterocycles. The van der Waals surface area contributed by atoms with Crippen molar-refractivity contribution < 1.29 is 19.1 Å². The minimum Gasteiger partial charge on any atom is -0.491 e. The summed E-state index contributed by atoms with van der Waals surface area (Å²) in [6.45, 7) is 18.3. The Balaban J connectivity index is 1.67. The van der Waals surface area contributed by atoms with Gasteiger partial charge in [0.15, 0.2) is 0 Å². The first-order valence-corrected chi connectivity index (χ1v) is 11.7. The minimum atomic E-state index is -0.410. The summed E-state index contributed by atoms with van der Waals surface area (Å²) in [5.74, 6) is 1.69. The fourth-order valence-electron chi connectivity index (χ4n) is 4.93. The normalized spacial score (nSPS) is 23.9. The molecule has 4 nitrogen and oxygen atoms in total. The number of hydrogen-bond donors (Lipinski definition) is 1. The molecular formula is C26H46NO3+. The van der Waals surface area contributed by atoms with Crippen molar-refractivity contribution in [3.8, 4) is 5.75 Å². The molecule has 1 aromatic rings. The summed E-state index contributed by atoms with van der Waals surface area (Å²) >= 11 is 0. The van der Waals surface area contributed by atoms with Crippen LogP contribution >= 0.6 is 0 Å². The zero-order valence-corrected chi connectivity index (χ0v) is 20.5. The highest BCUT2D eigenvalue weighted by molar-refractivity contribution is 5.31. The number of ether oxygens (including phenoxy) is 2. The Morgan fingerprint density at radius 2 is 1.63 bits per heavy atom. The average Bonchev–Trinajstić information content (AvgIpc) is 2.62. The van der Waals surface area contributed by atoms with Crippen molar-refractivity contribution in [1.29, 1.82) is 0 Å². The number of piperidine rings is 1. The van der Waals surface area contributed by atoms with E-state index >= 15 is 0 Å². The maximum Gasteiger partial charge on any atom is 0.126 e. The molecular weight excluding hydrogens is 374 g/mol. The van der Waals surface area contributed by atoms with Crippen LogP contribution in [0.3, 0.4) is 0 Å². The van der Waals surface area contributed by atoms with E-state index in [-0.39, 0.29) is 5.41 Å². The molecule has 0 aromatic heterocycles. The monoisotopic (exact) mass is 420 g/mol. The molecule has 0 radical (unpaired) electrons. The second kappa shape index (κ2) is 10.5. The van der Waals surface area contributed by atoms with Gasteiger partial charge < -0.3 is 19.1 Å². The lowest BCUT2D eigenvalue weighted by Gasteiger charge is -2.41. The molecule has 0 spiro atoms. The number of benzene rings is 1. The molecule has 1 atom stereocenters. The first-order valence-electron chi connectivity index (χ1n) is 11.7. The average molecular weight is 421 g/mol. The van der Waals surface area contributed by atoms with Crippen LogP contribution in [0.1, 0.15) is 66.4 Å². The molecule has 1 aliphatic rings. The van der Waals surface area contributed by atoms with E-state index < -0.39 is 6.10 Å². The molecule has 0 saturated carbocycles. The van der Waals surface area contributed by atoms with Crippen LogP contribution in [0.2, 0.25) is 0 Å². The molecule has 0 unspecified atom stereocenters. The molecule has 172 valence electrons. The van der Waals surface area contributed by atoms with Crippen molar-refractivity contribution in [2.75, 3.05) is 46.5 Å². The number of aliphatic hydroxyl groups excluding tert-OH is 1. The summed E-state index contributed by atoms with van der Waals surface area (Å²) < 4.78 is 12.5. The molecule has 4 heteroatoms. The van der Waals surface area contributed by atoms with Crippen molar-refractivity contribution in [2.24, 2.45) is 11.3 Å². The fourth-order valence-corrected chi connectivity index (χ4v) is 4.93. The van der Waals surface area contributed by atoms with Crippen LogP contribution < -0.4 is 4.74 Å². The molecule has 0 aliphatic carbocycles. The van der Waals surface area contributed by atoms with Crippen LogP contribution in [0.5, 0.6) is 5.75 Å². The largest absolute Gasteiger partial charge is 0.491 e. The lowest BCUT2D eigenvalue weighted by Crippen LogP contribution is -2.53. The molecule has 1 heterocycles. The van der Waals surface area contributed by atoms with Crippen LogP contribution in [0.15, 0.2) is 24.3 Å². The Bertz CT molecular complexity index is 625. The molecule has 30 heavy (non-hydrogen) atoms. The smallest absolute Gasteiger partial charge is 0.126 e. The first kappa shape index (κ1) is 25.2. The fraction of sp³-hybridized carbons (Fsp3) is 0.769. The van der Waals surface area contributed by atoms with Gasteiger partial charge in [-0.1, -0.05) is 53.7 Å². The highest BCUT2D eigenvalue weighted by Gasteiger charge is 2.30. The van der Waals surface area contributed by atoms with E-state index in [2.05, 4.69) is 72.9 Å². The molecule has 0 bridgehead atoms. The number of hydrogen-bond acceptors (Lipinski definition) is 3. The van der Waals surface area contributed by atoms with E-state index in [0.29, 0.717) is 25.2 Å². The summed E-state index contributed by atoms with van der Waals surface area (Å²) in [5, 5.41) is 10.4. The summed E-state index contributed by atoms with van der Waals surface area (Å²) in [4.78, 5) is 0. The van der Waals surface area contributed by atoms with Gasteiger partial charge in [0.05, 0.1) is 33.4 Å². The summed E-state index contributed by atoms with van der Waals surface area (Å²) in [5.41, 5.74) is 1.78.